The van der Waals surface area contributed by atoms with Gasteiger partial charge in [-0.1, -0.05) is 52.0 Å². The molecule has 1 unspecified atom stereocenters. The number of hydrogen-bond acceptors (Lipinski definition) is 7. The summed E-state index contributed by atoms with van der Waals surface area (Å²) < 4.78 is 11.2. The van der Waals surface area contributed by atoms with Crippen LogP contribution in [0.2, 0.25) is 0 Å². The van der Waals surface area contributed by atoms with Gasteiger partial charge in [-0.05, 0) is 116 Å². The molecule has 2 aromatic rings. The first kappa shape index (κ1) is 38.7. The molecule has 5 nitrogen and oxygen atoms in total. The first-order chi connectivity index (χ1) is 19.9. The lowest BCUT2D eigenvalue weighted by Crippen LogP contribution is -2.50. The Morgan fingerprint density at radius 3 is 1.60 bits per heavy atom. The molecule has 1 heterocycles. The summed E-state index contributed by atoms with van der Waals surface area (Å²) in [5, 5.41) is 3.28. The summed E-state index contributed by atoms with van der Waals surface area (Å²) in [4.78, 5) is 17.6. The summed E-state index contributed by atoms with van der Waals surface area (Å²) in [6.07, 6.45) is 8.76. The molecular weight excluding hydrogens is 561 g/mol. The van der Waals surface area contributed by atoms with E-state index in [1.54, 1.807) is 30.6 Å². The molecule has 0 spiro atoms. The van der Waals surface area contributed by atoms with Crippen molar-refractivity contribution in [2.24, 2.45) is 0 Å². The number of carbonyl (C=O) groups is 1. The van der Waals surface area contributed by atoms with Gasteiger partial charge in [0.15, 0.2) is 5.78 Å². The Kier molecular flexibility index (Phi) is 17.6. The average Bonchev–Trinajstić information content (AvgIpc) is 3.59. The lowest BCUT2D eigenvalue weighted by atomic mass is 9.91. The minimum Gasteiger partial charge on any atom is -0.347 e. The van der Waals surface area contributed by atoms with Gasteiger partial charge in [0.2, 0.25) is 5.79 Å². The zero-order valence-electron chi connectivity index (χ0n) is 28.3. The second kappa shape index (κ2) is 19.1. The van der Waals surface area contributed by atoms with Crippen LogP contribution in [0.3, 0.4) is 0 Å². The van der Waals surface area contributed by atoms with Gasteiger partial charge in [-0.2, -0.15) is 0 Å². The zero-order chi connectivity index (χ0) is 31.8. The van der Waals surface area contributed by atoms with Crippen molar-refractivity contribution in [2.45, 2.75) is 108 Å². The Morgan fingerprint density at radius 1 is 0.833 bits per heavy atom. The third-order valence-electron chi connectivity index (χ3n) is 7.45. The van der Waals surface area contributed by atoms with E-state index in [0.717, 1.165) is 37.1 Å². The quantitative estimate of drug-likeness (QED) is 0.0926. The van der Waals surface area contributed by atoms with Crippen molar-refractivity contribution < 1.29 is 14.3 Å². The number of nitrogens with one attached hydrogen (secondary N) is 1. The van der Waals surface area contributed by atoms with Crippen molar-refractivity contribution >= 4 is 29.3 Å². The van der Waals surface area contributed by atoms with Gasteiger partial charge < -0.3 is 14.8 Å². The summed E-state index contributed by atoms with van der Waals surface area (Å²) in [5.74, 6) is -0.323. The predicted molar refractivity (Wildman–Crippen MR) is 184 cm³/mol. The highest BCUT2D eigenvalue weighted by Crippen LogP contribution is 2.55. The van der Waals surface area contributed by atoms with E-state index in [-0.39, 0.29) is 11.4 Å². The van der Waals surface area contributed by atoms with Gasteiger partial charge in [-0.15, -0.1) is 23.5 Å². The van der Waals surface area contributed by atoms with Crippen LogP contribution in [0.1, 0.15) is 97.0 Å². The molecule has 1 fully saturated rings. The van der Waals surface area contributed by atoms with Gasteiger partial charge in [0.05, 0.1) is 5.54 Å². The van der Waals surface area contributed by atoms with E-state index in [0.29, 0.717) is 0 Å². The van der Waals surface area contributed by atoms with Crippen LogP contribution in [-0.2, 0) is 15.3 Å². The predicted octanol–water partition coefficient (Wildman–Crippen LogP) is 8.90. The number of ketones is 1. The Balaban J connectivity index is 0.000000351. The van der Waals surface area contributed by atoms with Gasteiger partial charge in [-0.3, -0.25) is 9.69 Å². The molecule has 1 N–H and O–H groups in total. The molecule has 0 radical (unpaired) electrons. The van der Waals surface area contributed by atoms with Crippen molar-refractivity contribution in [1.29, 1.82) is 0 Å². The molecule has 0 aromatic heterocycles. The maximum atomic E-state index is 12.8. The van der Waals surface area contributed by atoms with E-state index in [2.05, 4.69) is 68.4 Å². The first-order valence-corrected chi connectivity index (χ1v) is 17.9. The van der Waals surface area contributed by atoms with Crippen molar-refractivity contribution in [3.05, 3.63) is 59.7 Å². The Bertz CT molecular complexity index is 1020. The van der Waals surface area contributed by atoms with Crippen molar-refractivity contribution in [2.75, 3.05) is 45.8 Å². The molecule has 0 aliphatic carbocycles. The number of Topliss-reactive ketones (excluding diaryl/α,β-unsaturated/α-hetero) is 1. The number of epoxide rings is 1. The molecule has 1 aliphatic rings. The van der Waals surface area contributed by atoms with Crippen molar-refractivity contribution in [3.63, 3.8) is 0 Å². The fraction of sp³-hybridized carbons (Fsp3) is 0.629. The fourth-order valence-corrected chi connectivity index (χ4v) is 5.70. The van der Waals surface area contributed by atoms with Gasteiger partial charge >= 0.3 is 0 Å². The average molecular weight is 619 g/mol. The van der Waals surface area contributed by atoms with Crippen LogP contribution in [0.5, 0.6) is 0 Å². The molecule has 1 aliphatic heterocycles. The molecular formula is C35H58N2O3S2. The minimum atomic E-state index is -0.538. The highest BCUT2D eigenvalue weighted by Gasteiger charge is 2.66. The molecule has 3 rings (SSSR count). The van der Waals surface area contributed by atoms with Crippen LogP contribution in [0, 0.1) is 0 Å². The third-order valence-corrected chi connectivity index (χ3v) is 8.93. The number of nitrogens with zero attached hydrogens (tertiary/aromatic N) is 1. The summed E-state index contributed by atoms with van der Waals surface area (Å²) in [7, 11) is 1.69. The van der Waals surface area contributed by atoms with Crippen LogP contribution in [-0.4, -0.2) is 67.6 Å². The van der Waals surface area contributed by atoms with Crippen LogP contribution in [0.25, 0.3) is 0 Å². The standard InChI is InChI=1S/C17H27NOS.C12H16O2S.C6H15N/c1-6-12-18(13-7-2)17(3,4)16(19)14-8-10-15(20-5)11-9-14;1-11(2)12(13-3,14-11)9-5-7-10(15-4)8-6-9;1-3-5-7-6-4-2/h8-11H,6-7,12-13H2,1-5H3;5-8H,1-4H3;7H,3-6H2,1-2H3. The summed E-state index contributed by atoms with van der Waals surface area (Å²) >= 11 is 3.43. The number of rotatable bonds is 15. The fourth-order valence-electron chi connectivity index (χ4n) is 4.88. The number of methoxy groups -OCH3 is 1. The summed E-state index contributed by atoms with van der Waals surface area (Å²) in [6.45, 7) is 21.1. The molecule has 7 heteroatoms. The van der Waals surface area contributed by atoms with Gasteiger partial charge in [0.25, 0.3) is 0 Å². The largest absolute Gasteiger partial charge is 0.347 e. The number of ether oxygens (including phenoxy) is 2. The SMILES string of the molecule is CCCN(CCC)C(C)(C)C(=O)c1ccc(SC)cc1.CCCNCCC.COC1(c2ccc(SC)cc2)OC1(C)C. The topological polar surface area (TPSA) is 54.1 Å². The number of carbonyl (C=O) groups excluding carboxylic acids is 1. The van der Waals surface area contributed by atoms with E-state index < -0.39 is 11.3 Å². The number of thioether (sulfide) groups is 2. The lowest BCUT2D eigenvalue weighted by molar-refractivity contribution is -0.0148. The Labute approximate surface area is 266 Å². The highest BCUT2D eigenvalue weighted by molar-refractivity contribution is 7.98. The van der Waals surface area contributed by atoms with Crippen LogP contribution in [0.15, 0.2) is 58.3 Å². The molecule has 238 valence electrons. The van der Waals surface area contributed by atoms with Gasteiger partial charge in [-0.25, -0.2) is 0 Å². The molecule has 1 saturated heterocycles. The molecule has 1 atom stereocenters. The molecule has 42 heavy (non-hydrogen) atoms. The molecule has 0 amide bonds. The van der Waals surface area contributed by atoms with Crippen LogP contribution in [0.4, 0.5) is 0 Å². The molecule has 0 saturated carbocycles. The van der Waals surface area contributed by atoms with Crippen molar-refractivity contribution in [3.8, 4) is 0 Å². The Morgan fingerprint density at radius 2 is 1.26 bits per heavy atom. The maximum Gasteiger partial charge on any atom is 0.225 e. The zero-order valence-corrected chi connectivity index (χ0v) is 29.9. The Hall–Kier alpha value is -1.35. The van der Waals surface area contributed by atoms with Gasteiger partial charge in [0.1, 0.15) is 5.60 Å². The van der Waals surface area contributed by atoms with E-state index in [4.69, 9.17) is 9.47 Å². The summed E-state index contributed by atoms with van der Waals surface area (Å²) in [6, 6.07) is 16.3. The highest BCUT2D eigenvalue weighted by atomic mass is 32.2. The second-order valence-electron chi connectivity index (χ2n) is 11.5. The van der Waals surface area contributed by atoms with Crippen LogP contribution < -0.4 is 5.32 Å². The van der Waals surface area contributed by atoms with E-state index in [9.17, 15) is 4.79 Å². The summed E-state index contributed by atoms with van der Waals surface area (Å²) in [5.41, 5.74) is 1.24. The maximum absolute atomic E-state index is 12.8. The van der Waals surface area contributed by atoms with Gasteiger partial charge in [0, 0.05) is 28.0 Å². The van der Waals surface area contributed by atoms with E-state index in [1.807, 2.05) is 58.2 Å². The lowest BCUT2D eigenvalue weighted by Gasteiger charge is -2.37. The van der Waals surface area contributed by atoms with Crippen molar-refractivity contribution in [1.82, 2.24) is 10.2 Å². The number of benzene rings is 2. The second-order valence-corrected chi connectivity index (χ2v) is 13.3. The smallest absolute Gasteiger partial charge is 0.225 e. The van der Waals surface area contributed by atoms with E-state index >= 15 is 0 Å². The first-order valence-electron chi connectivity index (χ1n) is 15.5. The van der Waals surface area contributed by atoms with Crippen LogP contribution >= 0.6 is 23.5 Å². The molecule has 0 bridgehead atoms. The normalized spacial score (nSPS) is 17.1. The minimum absolute atomic E-state index is 0.215. The molecule has 2 aromatic carbocycles. The van der Waals surface area contributed by atoms with E-state index in [1.165, 1.54) is 35.7 Å². The third kappa shape index (κ3) is 11.0. The monoisotopic (exact) mass is 618 g/mol. The number of hydrogen-bond donors (Lipinski definition) is 1.